The molecule has 0 aliphatic carbocycles. The molecule has 1 fully saturated rings. The average molecular weight is 328 g/mol. The van der Waals surface area contributed by atoms with Crippen LogP contribution in [0.2, 0.25) is 0 Å². The Labute approximate surface area is 129 Å². The van der Waals surface area contributed by atoms with E-state index in [9.17, 15) is 19.8 Å². The van der Waals surface area contributed by atoms with Gasteiger partial charge in [-0.15, -0.1) is 0 Å². The van der Waals surface area contributed by atoms with E-state index in [2.05, 4.69) is 30.7 Å². The summed E-state index contributed by atoms with van der Waals surface area (Å²) in [4.78, 5) is 27.9. The fourth-order valence-electron chi connectivity index (χ4n) is 2.07. The number of aliphatic hydroxyl groups excluding tert-OH is 2. The van der Waals surface area contributed by atoms with E-state index in [1.165, 1.54) is 6.92 Å². The summed E-state index contributed by atoms with van der Waals surface area (Å²) in [5, 5.41) is 30.8. The first-order valence-electron chi connectivity index (χ1n) is 6.52. The quantitative estimate of drug-likeness (QED) is 0.265. The summed E-state index contributed by atoms with van der Waals surface area (Å²) in [5.74, 6) is -1.39. The molecular formula is C10H16N8O5. The number of azide groups is 2. The van der Waals surface area contributed by atoms with Gasteiger partial charge in [0.15, 0.2) is 6.29 Å². The Kier molecular flexibility index (Phi) is 7.06. The van der Waals surface area contributed by atoms with Crippen molar-refractivity contribution in [1.82, 2.24) is 10.6 Å². The minimum Gasteiger partial charge on any atom is -0.389 e. The molecule has 4 N–H and O–H groups in total. The molecule has 1 aliphatic rings. The highest BCUT2D eigenvalue weighted by atomic mass is 16.6. The molecule has 2 amide bonds. The Morgan fingerprint density at radius 2 is 1.57 bits per heavy atom. The highest BCUT2D eigenvalue weighted by Crippen LogP contribution is 2.19. The van der Waals surface area contributed by atoms with Gasteiger partial charge in [0.1, 0.15) is 25.2 Å². The van der Waals surface area contributed by atoms with Crippen LogP contribution < -0.4 is 10.6 Å². The Morgan fingerprint density at radius 3 is 2.04 bits per heavy atom. The third-order valence-electron chi connectivity index (χ3n) is 3.11. The van der Waals surface area contributed by atoms with Crippen LogP contribution in [0.3, 0.4) is 0 Å². The minimum absolute atomic E-state index is 0.469. The van der Waals surface area contributed by atoms with Crippen molar-refractivity contribution in [2.24, 2.45) is 10.2 Å². The van der Waals surface area contributed by atoms with Crippen LogP contribution in [0.4, 0.5) is 0 Å². The number of amides is 2. The zero-order valence-corrected chi connectivity index (χ0v) is 12.1. The third kappa shape index (κ3) is 5.29. The predicted octanol–water partition coefficient (Wildman–Crippen LogP) is -1.33. The lowest BCUT2D eigenvalue weighted by molar-refractivity contribution is -0.214. The Morgan fingerprint density at radius 1 is 1.09 bits per heavy atom. The lowest BCUT2D eigenvalue weighted by atomic mass is 9.94. The van der Waals surface area contributed by atoms with Crippen molar-refractivity contribution in [3.63, 3.8) is 0 Å². The van der Waals surface area contributed by atoms with Crippen molar-refractivity contribution in [2.45, 2.75) is 37.5 Å². The monoisotopic (exact) mass is 328 g/mol. The molecule has 0 unspecified atom stereocenters. The highest BCUT2D eigenvalue weighted by Gasteiger charge is 2.44. The number of hydrogen-bond acceptors (Lipinski definition) is 7. The van der Waals surface area contributed by atoms with Gasteiger partial charge in [0.25, 0.3) is 0 Å². The summed E-state index contributed by atoms with van der Waals surface area (Å²) in [6.07, 6.45) is -3.65. The number of carbonyl (C=O) groups excluding carboxylic acids is 2. The van der Waals surface area contributed by atoms with Crippen LogP contribution >= 0.6 is 0 Å². The van der Waals surface area contributed by atoms with Gasteiger partial charge in [0, 0.05) is 9.82 Å². The van der Waals surface area contributed by atoms with Gasteiger partial charge in [-0.25, -0.2) is 0 Å². The van der Waals surface area contributed by atoms with Crippen molar-refractivity contribution in [2.75, 3.05) is 13.1 Å². The Bertz CT molecular complexity index is 497. The molecular weight excluding hydrogens is 312 g/mol. The van der Waals surface area contributed by atoms with Crippen molar-refractivity contribution >= 4 is 11.8 Å². The number of nitrogens with zero attached hydrogens (tertiary/aromatic N) is 6. The molecule has 0 radical (unpaired) electrons. The molecule has 23 heavy (non-hydrogen) atoms. The molecule has 0 saturated carbocycles. The molecule has 126 valence electrons. The molecule has 13 nitrogen and oxygen atoms in total. The van der Waals surface area contributed by atoms with Crippen molar-refractivity contribution in [1.29, 1.82) is 0 Å². The second-order valence-corrected chi connectivity index (χ2v) is 4.69. The highest BCUT2D eigenvalue weighted by molar-refractivity contribution is 5.79. The van der Waals surface area contributed by atoms with Gasteiger partial charge < -0.3 is 25.6 Å². The molecule has 1 heterocycles. The zero-order chi connectivity index (χ0) is 17.4. The number of nitrogens with one attached hydrogen (secondary N) is 2. The molecule has 0 aromatic rings. The molecule has 0 bridgehead atoms. The van der Waals surface area contributed by atoms with Gasteiger partial charge in [-0.2, -0.15) is 0 Å². The summed E-state index contributed by atoms with van der Waals surface area (Å²) in [6.45, 7) is 0.516. The van der Waals surface area contributed by atoms with E-state index in [1.54, 1.807) is 0 Å². The lowest BCUT2D eigenvalue weighted by Crippen LogP contribution is -2.67. The van der Waals surface area contributed by atoms with E-state index in [-0.39, 0.29) is 0 Å². The standard InChI is InChI=1S/C10H16N8O5/c1-4-7(15-5(19)2-13-17-11)9(21)8(10(22)23-4)16-6(20)3-14-18-12/h4,7-10,21-22H,2-3H2,1H3,(H,15,19)(H,16,20)/t4-,7-,8-,9+,10+/m1/s1. The van der Waals surface area contributed by atoms with E-state index in [0.717, 1.165) is 0 Å². The average Bonchev–Trinajstić information content (AvgIpc) is 2.51. The molecule has 5 atom stereocenters. The van der Waals surface area contributed by atoms with Crippen LogP contribution in [-0.4, -0.2) is 65.7 Å². The van der Waals surface area contributed by atoms with Crippen LogP contribution in [0.25, 0.3) is 20.9 Å². The van der Waals surface area contributed by atoms with Crippen molar-refractivity contribution in [3.8, 4) is 0 Å². The largest absolute Gasteiger partial charge is 0.389 e. The summed E-state index contributed by atoms with van der Waals surface area (Å²) < 4.78 is 5.15. The van der Waals surface area contributed by atoms with Crippen molar-refractivity contribution in [3.05, 3.63) is 20.9 Å². The number of aliphatic hydroxyl groups is 2. The third-order valence-corrected chi connectivity index (χ3v) is 3.11. The van der Waals surface area contributed by atoms with E-state index in [4.69, 9.17) is 15.8 Å². The first-order valence-corrected chi connectivity index (χ1v) is 6.52. The van der Waals surface area contributed by atoms with E-state index in [0.29, 0.717) is 0 Å². The smallest absolute Gasteiger partial charge is 0.226 e. The molecule has 0 aromatic carbocycles. The second-order valence-electron chi connectivity index (χ2n) is 4.69. The number of rotatable bonds is 6. The Balaban J connectivity index is 2.76. The van der Waals surface area contributed by atoms with Gasteiger partial charge in [0.2, 0.25) is 11.8 Å². The zero-order valence-electron chi connectivity index (χ0n) is 12.1. The summed E-state index contributed by atoms with van der Waals surface area (Å²) in [7, 11) is 0. The molecule has 1 saturated heterocycles. The molecule has 0 spiro atoms. The lowest BCUT2D eigenvalue weighted by Gasteiger charge is -2.42. The Hall–Kier alpha value is -2.56. The second kappa shape index (κ2) is 8.78. The van der Waals surface area contributed by atoms with Crippen molar-refractivity contribution < 1.29 is 24.5 Å². The topological polar surface area (TPSA) is 205 Å². The van der Waals surface area contributed by atoms with E-state index in [1.807, 2.05) is 0 Å². The molecule has 1 rings (SSSR count). The molecule has 1 aliphatic heterocycles. The first kappa shape index (κ1) is 18.5. The van der Waals surface area contributed by atoms with Gasteiger partial charge in [0.05, 0.1) is 12.1 Å². The summed E-state index contributed by atoms with van der Waals surface area (Å²) in [6, 6.07) is -2.19. The van der Waals surface area contributed by atoms with Gasteiger partial charge >= 0.3 is 0 Å². The number of hydrogen-bond donors (Lipinski definition) is 4. The normalized spacial score (nSPS) is 29.6. The van der Waals surface area contributed by atoms with Crippen LogP contribution in [0.15, 0.2) is 10.2 Å². The van der Waals surface area contributed by atoms with Crippen LogP contribution in [0.1, 0.15) is 6.92 Å². The number of carbonyl (C=O) groups is 2. The molecule has 13 heteroatoms. The minimum atomic E-state index is -1.51. The maximum Gasteiger partial charge on any atom is 0.226 e. The fraction of sp³-hybridized carbons (Fsp3) is 0.800. The molecule has 0 aromatic heterocycles. The van der Waals surface area contributed by atoms with Crippen LogP contribution in [-0.2, 0) is 14.3 Å². The van der Waals surface area contributed by atoms with Crippen LogP contribution in [0.5, 0.6) is 0 Å². The number of ether oxygens (including phenoxy) is 1. The van der Waals surface area contributed by atoms with E-state index >= 15 is 0 Å². The van der Waals surface area contributed by atoms with E-state index < -0.39 is 55.5 Å². The maximum atomic E-state index is 11.6. The predicted molar refractivity (Wildman–Crippen MR) is 74.4 cm³/mol. The van der Waals surface area contributed by atoms with Gasteiger partial charge in [-0.3, -0.25) is 9.59 Å². The van der Waals surface area contributed by atoms with Gasteiger partial charge in [-0.05, 0) is 18.0 Å². The summed E-state index contributed by atoms with van der Waals surface area (Å²) in [5.41, 5.74) is 16.3. The first-order chi connectivity index (χ1) is 10.9. The summed E-state index contributed by atoms with van der Waals surface area (Å²) >= 11 is 0. The maximum absolute atomic E-state index is 11.6. The fourth-order valence-corrected chi connectivity index (χ4v) is 2.07. The van der Waals surface area contributed by atoms with Crippen LogP contribution in [0, 0.1) is 0 Å². The SMILES string of the molecule is C[C@H]1O[C@H](O)[C@H](NC(=O)CN=[N+]=[N-])[C@@H](O)[C@@H]1NC(=O)CN=[N+]=[N-]. The van der Waals surface area contributed by atoms with Gasteiger partial charge in [-0.1, -0.05) is 10.2 Å².